The van der Waals surface area contributed by atoms with E-state index in [0.29, 0.717) is 11.4 Å². The van der Waals surface area contributed by atoms with Crippen LogP contribution in [-0.2, 0) is 7.05 Å². The maximum atomic E-state index is 9.08. The van der Waals surface area contributed by atoms with Crippen molar-refractivity contribution in [2.75, 3.05) is 5.73 Å². The molecule has 1 aromatic carbocycles. The third-order valence-corrected chi connectivity index (χ3v) is 2.14. The predicted molar refractivity (Wildman–Crippen MR) is 64.4 cm³/mol. The fourth-order valence-corrected chi connectivity index (χ4v) is 1.46. The average Bonchev–Trinajstić information content (AvgIpc) is 2.66. The van der Waals surface area contributed by atoms with Crippen molar-refractivity contribution in [1.29, 1.82) is 0 Å². The Balaban J connectivity index is 2.50. The molecule has 2 rings (SSSR count). The number of rotatable bonds is 3. The Morgan fingerprint density at radius 2 is 2.17 bits per heavy atom. The van der Waals surface area contributed by atoms with Gasteiger partial charge in [-0.15, -0.1) is 0 Å². The third kappa shape index (κ3) is 2.61. The molecule has 0 saturated heterocycles. The van der Waals surface area contributed by atoms with Crippen molar-refractivity contribution in [3.05, 3.63) is 24.5 Å². The van der Waals surface area contributed by atoms with Crippen LogP contribution < -0.4 is 10.5 Å². The van der Waals surface area contributed by atoms with E-state index >= 15 is 0 Å². The smallest absolute Gasteiger partial charge is 0.259 e. The fraction of sp³-hybridized carbons (Fsp3) is 0.200. The Morgan fingerprint density at radius 1 is 1.44 bits per heavy atom. The van der Waals surface area contributed by atoms with Crippen molar-refractivity contribution < 1.29 is 14.9 Å². The predicted octanol–water partition coefficient (Wildman–Crippen LogP) is -0.793. The number of ether oxygens (including phenoxy) is 1. The summed E-state index contributed by atoms with van der Waals surface area (Å²) < 4.78 is 6.30. The van der Waals surface area contributed by atoms with Gasteiger partial charge in [-0.1, -0.05) is 6.07 Å². The van der Waals surface area contributed by atoms with Crippen LogP contribution in [0.4, 0.5) is 5.69 Å². The number of benzene rings is 1. The quantitative estimate of drug-likeness (QED) is 0.372. The minimum absolute atomic E-state index is 0.0104. The normalized spacial score (nSPS) is 11.5. The molecule has 8 heteroatoms. The van der Waals surface area contributed by atoms with Gasteiger partial charge in [0.1, 0.15) is 6.33 Å². The second-order valence-electron chi connectivity index (χ2n) is 3.73. The first-order valence-corrected chi connectivity index (χ1v) is 5.04. The number of hydrogen-bond donors (Lipinski definition) is 3. The van der Waals surface area contributed by atoms with E-state index in [9.17, 15) is 0 Å². The summed E-state index contributed by atoms with van der Waals surface area (Å²) in [6, 6.07) is 4.83. The SMILES string of the molecule is [B]C(O)(O)Oc1c(N)cccc1-c1ncn(C)n1. The number of nitrogens with zero attached hydrogens (tertiary/aromatic N) is 3. The van der Waals surface area contributed by atoms with E-state index in [4.69, 9.17) is 28.5 Å². The van der Waals surface area contributed by atoms with E-state index in [2.05, 4.69) is 10.1 Å². The van der Waals surface area contributed by atoms with Gasteiger partial charge in [-0.05, 0) is 12.1 Å². The van der Waals surface area contributed by atoms with Crippen LogP contribution in [0.5, 0.6) is 5.75 Å². The maximum Gasteiger partial charge on any atom is 0.259 e. The average molecular weight is 246 g/mol. The van der Waals surface area contributed by atoms with Crippen LogP contribution in [-0.4, -0.2) is 38.7 Å². The number of para-hydroxylation sites is 1. The lowest BCUT2D eigenvalue weighted by molar-refractivity contribution is -0.223. The summed E-state index contributed by atoms with van der Waals surface area (Å²) in [6.45, 7) is 0. The highest BCUT2D eigenvalue weighted by atomic mass is 16.8. The van der Waals surface area contributed by atoms with E-state index in [0.717, 1.165) is 0 Å². The van der Waals surface area contributed by atoms with Crippen LogP contribution in [0.2, 0.25) is 0 Å². The molecule has 0 saturated carbocycles. The summed E-state index contributed by atoms with van der Waals surface area (Å²) in [7, 11) is 6.68. The number of anilines is 1. The molecule has 1 heterocycles. The van der Waals surface area contributed by atoms with Crippen molar-refractivity contribution in [2.45, 2.75) is 5.87 Å². The number of nitrogens with two attached hydrogens (primary N) is 1. The molecule has 0 unspecified atom stereocenters. The first kappa shape index (κ1) is 12.4. The van der Waals surface area contributed by atoms with Crippen LogP contribution in [0.25, 0.3) is 11.4 Å². The molecule has 0 aliphatic heterocycles. The van der Waals surface area contributed by atoms with E-state index in [1.807, 2.05) is 0 Å². The van der Waals surface area contributed by atoms with Gasteiger partial charge in [0.05, 0.1) is 11.3 Å². The molecule has 0 aliphatic rings. The monoisotopic (exact) mass is 246 g/mol. The number of nitrogen functional groups attached to an aromatic ring is 1. The Kier molecular flexibility index (Phi) is 2.97. The van der Waals surface area contributed by atoms with Crippen molar-refractivity contribution in [2.24, 2.45) is 7.05 Å². The van der Waals surface area contributed by atoms with E-state index < -0.39 is 5.87 Å². The molecule has 0 spiro atoms. The summed E-state index contributed by atoms with van der Waals surface area (Å²) in [5, 5.41) is 22.2. The molecule has 92 valence electrons. The Morgan fingerprint density at radius 3 is 2.72 bits per heavy atom. The molecule has 1 aromatic heterocycles. The number of aromatic nitrogens is 3. The summed E-state index contributed by atoms with van der Waals surface area (Å²) in [5.41, 5.74) is 6.31. The zero-order valence-corrected chi connectivity index (χ0v) is 9.61. The number of hydrogen-bond acceptors (Lipinski definition) is 6. The Labute approximate surface area is 104 Å². The molecule has 18 heavy (non-hydrogen) atoms. The van der Waals surface area contributed by atoms with E-state index in [-0.39, 0.29) is 11.4 Å². The van der Waals surface area contributed by atoms with Gasteiger partial charge in [-0.25, -0.2) is 4.98 Å². The van der Waals surface area contributed by atoms with Crippen molar-refractivity contribution in [3.63, 3.8) is 0 Å². The molecule has 0 bridgehead atoms. The maximum absolute atomic E-state index is 9.08. The van der Waals surface area contributed by atoms with Crippen LogP contribution in [0.15, 0.2) is 24.5 Å². The van der Waals surface area contributed by atoms with Gasteiger partial charge in [0.2, 0.25) is 7.85 Å². The minimum Gasteiger partial charge on any atom is -0.446 e. The number of aliphatic hydroxyl groups is 2. The van der Waals surface area contributed by atoms with Crippen molar-refractivity contribution in [3.8, 4) is 17.1 Å². The standard InChI is InChI=1S/C10H11BN4O3/c1-15-5-13-9(14-15)6-3-2-4-7(12)8(6)18-10(11,16)17/h2-5,16-17H,12H2,1H3. The van der Waals surface area contributed by atoms with E-state index in [1.165, 1.54) is 17.1 Å². The van der Waals surface area contributed by atoms with Gasteiger partial charge < -0.3 is 20.7 Å². The van der Waals surface area contributed by atoms with Crippen LogP contribution in [0.3, 0.4) is 0 Å². The van der Waals surface area contributed by atoms with Gasteiger partial charge in [0, 0.05) is 7.05 Å². The molecule has 4 N–H and O–H groups in total. The zero-order chi connectivity index (χ0) is 13.3. The lowest BCUT2D eigenvalue weighted by atomic mass is 10.1. The first-order valence-electron chi connectivity index (χ1n) is 5.04. The minimum atomic E-state index is -2.82. The number of aryl methyl sites for hydroxylation is 1. The molecule has 7 nitrogen and oxygen atoms in total. The van der Waals surface area contributed by atoms with Crippen molar-refractivity contribution >= 4 is 13.5 Å². The van der Waals surface area contributed by atoms with E-state index in [1.54, 1.807) is 19.2 Å². The van der Waals surface area contributed by atoms with Crippen molar-refractivity contribution in [1.82, 2.24) is 14.8 Å². The summed E-state index contributed by atoms with van der Waals surface area (Å²) in [4.78, 5) is 4.03. The highest BCUT2D eigenvalue weighted by Crippen LogP contribution is 2.34. The topological polar surface area (TPSA) is 106 Å². The zero-order valence-electron chi connectivity index (χ0n) is 9.61. The summed E-state index contributed by atoms with van der Waals surface area (Å²) >= 11 is 0. The molecule has 2 aromatic rings. The van der Waals surface area contributed by atoms with Gasteiger partial charge >= 0.3 is 0 Å². The van der Waals surface area contributed by atoms with Gasteiger partial charge in [0.15, 0.2) is 11.6 Å². The molecular weight excluding hydrogens is 235 g/mol. The van der Waals surface area contributed by atoms with Crippen LogP contribution in [0, 0.1) is 0 Å². The van der Waals surface area contributed by atoms with Gasteiger partial charge in [0.25, 0.3) is 5.87 Å². The van der Waals surface area contributed by atoms with Crippen LogP contribution >= 0.6 is 0 Å². The third-order valence-electron chi connectivity index (χ3n) is 2.14. The lowest BCUT2D eigenvalue weighted by Crippen LogP contribution is -2.36. The highest BCUT2D eigenvalue weighted by molar-refractivity contribution is 6.12. The highest BCUT2D eigenvalue weighted by Gasteiger charge is 2.22. The molecular formula is C10H11BN4O3. The summed E-state index contributed by atoms with van der Waals surface area (Å²) in [5.74, 6) is -2.47. The molecule has 2 radical (unpaired) electrons. The largest absolute Gasteiger partial charge is 0.446 e. The summed E-state index contributed by atoms with van der Waals surface area (Å²) in [6.07, 6.45) is 1.50. The molecule has 0 atom stereocenters. The molecule has 0 amide bonds. The van der Waals surface area contributed by atoms with Gasteiger partial charge in [-0.3, -0.25) is 4.68 Å². The Bertz CT molecular complexity index is 564. The van der Waals surface area contributed by atoms with Gasteiger partial charge in [-0.2, -0.15) is 5.10 Å². The lowest BCUT2D eigenvalue weighted by Gasteiger charge is -2.21. The van der Waals surface area contributed by atoms with Crippen LogP contribution in [0.1, 0.15) is 0 Å². The fourth-order valence-electron chi connectivity index (χ4n) is 1.46. The second kappa shape index (κ2) is 4.32. The molecule has 0 fully saturated rings. The second-order valence-corrected chi connectivity index (χ2v) is 3.73. The molecule has 0 aliphatic carbocycles. The first-order chi connectivity index (χ1) is 8.37. The Hall–Kier alpha value is -2.06.